The fourth-order valence-corrected chi connectivity index (χ4v) is 2.83. The Morgan fingerprint density at radius 3 is 2.82 bits per heavy atom. The fraction of sp³-hybridized carbons (Fsp3) is 0.312. The lowest BCUT2D eigenvalue weighted by Crippen LogP contribution is -2.32. The molecule has 2 heterocycles. The second-order valence-corrected chi connectivity index (χ2v) is 5.46. The van der Waals surface area contributed by atoms with Crippen molar-refractivity contribution in [2.75, 3.05) is 6.54 Å². The molecule has 1 fully saturated rings. The van der Waals surface area contributed by atoms with Crippen molar-refractivity contribution in [1.82, 2.24) is 4.90 Å². The second kappa shape index (κ2) is 5.53. The number of hydrogen-bond donors (Lipinski definition) is 1. The van der Waals surface area contributed by atoms with Gasteiger partial charge in [0.05, 0.1) is 18.4 Å². The minimum Gasteiger partial charge on any atom is -0.459 e. The first kappa shape index (κ1) is 14.7. The number of hydrogen-bond acceptors (Lipinski definition) is 3. The zero-order chi connectivity index (χ0) is 15.9. The maximum absolute atomic E-state index is 14.0. The molecule has 2 aromatic rings. The van der Waals surface area contributed by atoms with Crippen LogP contribution >= 0.6 is 0 Å². The smallest absolute Gasteiger partial charge is 0.290 e. The van der Waals surface area contributed by atoms with Gasteiger partial charge in [-0.3, -0.25) is 4.79 Å². The number of likely N-dealkylation sites (tertiary alicyclic amines) is 1. The summed E-state index contributed by atoms with van der Waals surface area (Å²) in [6.45, 7) is 1.78. The number of aliphatic hydroxyl groups is 1. The van der Waals surface area contributed by atoms with Gasteiger partial charge in [0.25, 0.3) is 5.91 Å². The molecule has 116 valence electrons. The maximum atomic E-state index is 14.0. The number of carbonyl (C=O) groups is 1. The zero-order valence-corrected chi connectivity index (χ0v) is 11.9. The summed E-state index contributed by atoms with van der Waals surface area (Å²) in [6.07, 6.45) is 0.769. The highest BCUT2D eigenvalue weighted by molar-refractivity contribution is 5.93. The van der Waals surface area contributed by atoms with E-state index in [1.807, 2.05) is 0 Å². The highest BCUT2D eigenvalue weighted by Gasteiger charge is 2.38. The zero-order valence-electron chi connectivity index (χ0n) is 11.9. The highest BCUT2D eigenvalue weighted by Crippen LogP contribution is 2.35. The van der Waals surface area contributed by atoms with Gasteiger partial charge in [-0.1, -0.05) is 0 Å². The Balaban J connectivity index is 1.98. The van der Waals surface area contributed by atoms with E-state index in [1.165, 1.54) is 11.2 Å². The van der Waals surface area contributed by atoms with Gasteiger partial charge in [-0.15, -0.1) is 0 Å². The van der Waals surface area contributed by atoms with Gasteiger partial charge >= 0.3 is 0 Å². The van der Waals surface area contributed by atoms with Crippen LogP contribution in [0.3, 0.4) is 0 Å². The molecule has 1 N–H and O–H groups in total. The molecule has 22 heavy (non-hydrogen) atoms. The summed E-state index contributed by atoms with van der Waals surface area (Å²) in [7, 11) is 0. The topological polar surface area (TPSA) is 53.7 Å². The number of rotatable bonds is 2. The molecule has 0 bridgehead atoms. The van der Waals surface area contributed by atoms with Crippen LogP contribution in [0.4, 0.5) is 8.78 Å². The molecular weight excluding hydrogens is 292 g/mol. The average Bonchev–Trinajstić information content (AvgIpc) is 3.07. The lowest BCUT2D eigenvalue weighted by atomic mass is 10.0. The van der Waals surface area contributed by atoms with Crippen LogP contribution in [0.5, 0.6) is 0 Å². The average molecular weight is 307 g/mol. The van der Waals surface area contributed by atoms with Crippen LogP contribution in [-0.2, 0) is 0 Å². The molecule has 0 saturated carbocycles. The van der Waals surface area contributed by atoms with Crippen LogP contribution in [-0.4, -0.2) is 28.6 Å². The summed E-state index contributed by atoms with van der Waals surface area (Å²) in [6, 6.07) is 4.04. The van der Waals surface area contributed by atoms with Crippen LogP contribution in [0, 0.1) is 18.6 Å². The van der Waals surface area contributed by atoms with Gasteiger partial charge in [0.15, 0.2) is 5.76 Å². The third-order valence-electron chi connectivity index (χ3n) is 3.91. The van der Waals surface area contributed by atoms with E-state index in [-0.39, 0.29) is 24.3 Å². The second-order valence-electron chi connectivity index (χ2n) is 5.46. The summed E-state index contributed by atoms with van der Waals surface area (Å²) in [5, 5.41) is 9.87. The summed E-state index contributed by atoms with van der Waals surface area (Å²) in [4.78, 5) is 13.9. The number of aryl methyl sites for hydroxylation is 1. The normalized spacial score (nSPS) is 21.4. The minimum absolute atomic E-state index is 0.0552. The van der Waals surface area contributed by atoms with E-state index < -0.39 is 29.7 Å². The maximum Gasteiger partial charge on any atom is 0.290 e. The molecule has 4 nitrogen and oxygen atoms in total. The largest absolute Gasteiger partial charge is 0.459 e. The Kier molecular flexibility index (Phi) is 3.70. The fourth-order valence-electron chi connectivity index (χ4n) is 2.83. The summed E-state index contributed by atoms with van der Waals surface area (Å²) >= 11 is 0. The molecule has 0 aliphatic carbocycles. The number of furan rings is 1. The van der Waals surface area contributed by atoms with Gasteiger partial charge < -0.3 is 14.4 Å². The van der Waals surface area contributed by atoms with Crippen molar-refractivity contribution in [3.63, 3.8) is 0 Å². The van der Waals surface area contributed by atoms with Crippen molar-refractivity contribution in [3.05, 3.63) is 59.1 Å². The third-order valence-corrected chi connectivity index (χ3v) is 3.91. The first-order valence-corrected chi connectivity index (χ1v) is 6.95. The van der Waals surface area contributed by atoms with Crippen molar-refractivity contribution in [2.45, 2.75) is 25.5 Å². The van der Waals surface area contributed by atoms with Crippen molar-refractivity contribution in [3.8, 4) is 0 Å². The number of nitrogens with zero attached hydrogens (tertiary/aromatic N) is 1. The number of halogens is 2. The van der Waals surface area contributed by atoms with Gasteiger partial charge in [-0.2, -0.15) is 0 Å². The van der Waals surface area contributed by atoms with Gasteiger partial charge in [0, 0.05) is 17.7 Å². The number of aliphatic hydroxyl groups excluding tert-OH is 1. The van der Waals surface area contributed by atoms with Crippen molar-refractivity contribution >= 4 is 5.91 Å². The number of benzene rings is 1. The monoisotopic (exact) mass is 307 g/mol. The van der Waals surface area contributed by atoms with E-state index in [4.69, 9.17) is 4.42 Å². The lowest BCUT2D eigenvalue weighted by molar-refractivity contribution is 0.0680. The first-order valence-electron chi connectivity index (χ1n) is 6.95. The molecule has 1 aromatic carbocycles. The van der Waals surface area contributed by atoms with E-state index in [0.29, 0.717) is 5.56 Å². The van der Waals surface area contributed by atoms with E-state index >= 15 is 0 Å². The molecule has 0 radical (unpaired) electrons. The number of carbonyl (C=O) groups excluding carboxylic acids is 1. The summed E-state index contributed by atoms with van der Waals surface area (Å²) in [5.74, 6) is -1.47. The van der Waals surface area contributed by atoms with Crippen LogP contribution in [0.1, 0.15) is 34.1 Å². The Hall–Kier alpha value is -2.21. The van der Waals surface area contributed by atoms with E-state index in [9.17, 15) is 18.7 Å². The molecule has 2 atom stereocenters. The Bertz CT molecular complexity index is 713. The summed E-state index contributed by atoms with van der Waals surface area (Å²) in [5.41, 5.74) is 0.721. The van der Waals surface area contributed by atoms with Gasteiger partial charge in [-0.25, -0.2) is 8.78 Å². The molecule has 1 amide bonds. The number of β-amino-alcohol motifs (C(OH)–C–C–N with tert-alkyl or cyclic N) is 1. The Labute approximate surface area is 126 Å². The first-order chi connectivity index (χ1) is 10.5. The number of amides is 1. The Morgan fingerprint density at radius 2 is 2.14 bits per heavy atom. The van der Waals surface area contributed by atoms with Crippen molar-refractivity contribution in [1.29, 1.82) is 0 Å². The predicted molar refractivity (Wildman–Crippen MR) is 74.2 cm³/mol. The molecule has 1 aliphatic heterocycles. The van der Waals surface area contributed by atoms with Crippen LogP contribution in [0.15, 0.2) is 34.9 Å². The molecule has 0 spiro atoms. The molecular formula is C16H15F2NO3. The lowest BCUT2D eigenvalue weighted by Gasteiger charge is -2.24. The Morgan fingerprint density at radius 1 is 1.36 bits per heavy atom. The standard InChI is InChI=1S/C16H15F2NO3/c1-9-4-5-22-15(9)16(21)19-8-11(20)7-14(19)12-6-10(17)2-3-13(12)18/h2-6,11,14,20H,7-8H2,1H3/t11-,14-/m1/s1. The van der Waals surface area contributed by atoms with Crippen LogP contribution < -0.4 is 0 Å². The quantitative estimate of drug-likeness (QED) is 0.928. The molecule has 3 rings (SSSR count). The SMILES string of the molecule is Cc1ccoc1C(=O)N1C[C@H](O)C[C@@H]1c1cc(F)ccc1F. The van der Waals surface area contributed by atoms with Crippen molar-refractivity contribution in [2.24, 2.45) is 0 Å². The molecule has 6 heteroatoms. The van der Waals surface area contributed by atoms with Gasteiger partial charge in [0.2, 0.25) is 0 Å². The third kappa shape index (κ3) is 2.50. The molecule has 0 unspecified atom stereocenters. The molecule has 1 aliphatic rings. The van der Waals surface area contributed by atoms with Crippen LogP contribution in [0.25, 0.3) is 0 Å². The van der Waals surface area contributed by atoms with Gasteiger partial charge in [0.1, 0.15) is 11.6 Å². The minimum atomic E-state index is -0.785. The summed E-state index contributed by atoms with van der Waals surface area (Å²) < 4.78 is 32.6. The van der Waals surface area contributed by atoms with Crippen molar-refractivity contribution < 1.29 is 23.1 Å². The molecule has 1 saturated heterocycles. The molecule has 1 aromatic heterocycles. The van der Waals surface area contributed by atoms with Gasteiger partial charge in [-0.05, 0) is 37.6 Å². The van der Waals surface area contributed by atoms with E-state index in [0.717, 1.165) is 18.2 Å². The van der Waals surface area contributed by atoms with E-state index in [2.05, 4.69) is 0 Å². The van der Waals surface area contributed by atoms with Crippen LogP contribution in [0.2, 0.25) is 0 Å². The highest BCUT2D eigenvalue weighted by atomic mass is 19.1. The van der Waals surface area contributed by atoms with E-state index in [1.54, 1.807) is 13.0 Å². The predicted octanol–water partition coefficient (Wildman–Crippen LogP) is 2.81.